The third-order valence-electron chi connectivity index (χ3n) is 4.06. The van der Waals surface area contributed by atoms with Gasteiger partial charge in [0.1, 0.15) is 0 Å². The molecule has 0 fully saturated rings. The van der Waals surface area contributed by atoms with Gasteiger partial charge in [0.05, 0.1) is 5.60 Å². The summed E-state index contributed by atoms with van der Waals surface area (Å²) in [5.74, 6) is 0.815. The fraction of sp³-hybridized carbons (Fsp3) is 0.700. The van der Waals surface area contributed by atoms with Crippen LogP contribution in [0.4, 0.5) is 0 Å². The number of hydrogen-bond acceptors (Lipinski definition) is 1. The first-order chi connectivity index (χ1) is 9.76. The van der Waals surface area contributed by atoms with Gasteiger partial charge in [0.15, 0.2) is 0 Å². The quantitative estimate of drug-likeness (QED) is 0.449. The molecule has 0 saturated carbocycles. The van der Waals surface area contributed by atoms with Gasteiger partial charge in [-0.15, -0.1) is 6.58 Å². The monoisotopic (exact) mass is 292 g/mol. The van der Waals surface area contributed by atoms with E-state index < -0.39 is 5.60 Å². The van der Waals surface area contributed by atoms with Gasteiger partial charge in [-0.05, 0) is 72.1 Å². The van der Waals surface area contributed by atoms with Crippen molar-refractivity contribution in [3.63, 3.8) is 0 Å². The Balaban J connectivity index is 3.80. The molecule has 0 aliphatic carbocycles. The van der Waals surface area contributed by atoms with Gasteiger partial charge in [0.25, 0.3) is 0 Å². The van der Waals surface area contributed by atoms with Crippen molar-refractivity contribution in [1.82, 2.24) is 0 Å². The Morgan fingerprint density at radius 2 is 1.81 bits per heavy atom. The van der Waals surface area contributed by atoms with E-state index in [0.717, 1.165) is 18.8 Å². The summed E-state index contributed by atoms with van der Waals surface area (Å²) < 4.78 is 0. The van der Waals surface area contributed by atoms with Gasteiger partial charge in [0, 0.05) is 0 Å². The van der Waals surface area contributed by atoms with Crippen LogP contribution in [0.1, 0.15) is 79.6 Å². The van der Waals surface area contributed by atoms with E-state index in [2.05, 4.69) is 46.4 Å². The van der Waals surface area contributed by atoms with Gasteiger partial charge in [0.2, 0.25) is 0 Å². The summed E-state index contributed by atoms with van der Waals surface area (Å²) in [5.41, 5.74) is 2.15. The first kappa shape index (κ1) is 20.2. The number of aliphatic hydroxyl groups is 1. The number of hydrogen-bond donors (Lipinski definition) is 1. The molecule has 122 valence electrons. The van der Waals surface area contributed by atoms with E-state index in [1.165, 1.54) is 43.3 Å². The summed E-state index contributed by atoms with van der Waals surface area (Å²) in [4.78, 5) is 0. The van der Waals surface area contributed by atoms with Gasteiger partial charge in [-0.2, -0.15) is 0 Å². The molecule has 0 amide bonds. The smallest absolute Gasteiger partial charge is 0.0800 e. The Morgan fingerprint density at radius 1 is 1.14 bits per heavy atom. The first-order valence-corrected chi connectivity index (χ1v) is 8.42. The molecule has 0 heterocycles. The van der Waals surface area contributed by atoms with E-state index in [4.69, 9.17) is 0 Å². The predicted molar refractivity (Wildman–Crippen MR) is 95.5 cm³/mol. The Hall–Kier alpha value is -0.820. The van der Waals surface area contributed by atoms with Crippen molar-refractivity contribution < 1.29 is 5.11 Å². The van der Waals surface area contributed by atoms with Crippen molar-refractivity contribution >= 4 is 0 Å². The zero-order valence-corrected chi connectivity index (χ0v) is 14.9. The van der Waals surface area contributed by atoms with Gasteiger partial charge < -0.3 is 5.11 Å². The Labute approximate surface area is 132 Å². The lowest BCUT2D eigenvalue weighted by atomic mass is 9.95. The van der Waals surface area contributed by atoms with Gasteiger partial charge in [-0.3, -0.25) is 0 Å². The van der Waals surface area contributed by atoms with Crippen LogP contribution in [0.3, 0.4) is 0 Å². The molecule has 21 heavy (non-hydrogen) atoms. The zero-order chi connectivity index (χ0) is 16.3. The molecule has 2 unspecified atom stereocenters. The second kappa shape index (κ2) is 10.8. The minimum absolute atomic E-state index is 0.726. The molecular weight excluding hydrogens is 256 g/mol. The van der Waals surface area contributed by atoms with Gasteiger partial charge in [-0.25, -0.2) is 0 Å². The minimum Gasteiger partial charge on any atom is -0.386 e. The maximum absolute atomic E-state index is 9.85. The zero-order valence-electron chi connectivity index (χ0n) is 14.9. The molecule has 2 atom stereocenters. The summed E-state index contributed by atoms with van der Waals surface area (Å²) in [5, 5.41) is 9.85. The van der Waals surface area contributed by atoms with Crippen LogP contribution in [-0.4, -0.2) is 10.7 Å². The molecule has 0 aromatic heterocycles. The SMILES string of the molecule is C=CC(C)(O)CC/C=C(\C)CCCC(C)CCC=C(C)C. The maximum atomic E-state index is 9.85. The normalized spacial score (nSPS) is 16.2. The van der Waals surface area contributed by atoms with E-state index >= 15 is 0 Å². The van der Waals surface area contributed by atoms with E-state index in [-0.39, 0.29) is 0 Å². The molecule has 1 heteroatoms. The third-order valence-corrected chi connectivity index (χ3v) is 4.06. The molecule has 0 aliphatic heterocycles. The van der Waals surface area contributed by atoms with Gasteiger partial charge >= 0.3 is 0 Å². The van der Waals surface area contributed by atoms with Crippen LogP contribution in [0.5, 0.6) is 0 Å². The van der Waals surface area contributed by atoms with E-state index in [1.54, 1.807) is 6.08 Å². The van der Waals surface area contributed by atoms with Crippen molar-refractivity contribution in [3.8, 4) is 0 Å². The molecule has 0 bridgehead atoms. The molecule has 0 radical (unpaired) electrons. The Bertz CT molecular complexity index is 343. The van der Waals surface area contributed by atoms with Crippen LogP contribution in [-0.2, 0) is 0 Å². The maximum Gasteiger partial charge on any atom is 0.0800 e. The summed E-state index contributed by atoms with van der Waals surface area (Å²) >= 11 is 0. The average molecular weight is 293 g/mol. The molecule has 0 aliphatic rings. The molecule has 0 aromatic rings. The van der Waals surface area contributed by atoms with E-state index in [1.807, 2.05) is 6.92 Å². The van der Waals surface area contributed by atoms with Crippen LogP contribution >= 0.6 is 0 Å². The number of allylic oxidation sites excluding steroid dienone is 4. The highest BCUT2D eigenvalue weighted by Gasteiger charge is 2.13. The van der Waals surface area contributed by atoms with Crippen molar-refractivity contribution in [2.75, 3.05) is 0 Å². The minimum atomic E-state index is -0.726. The topological polar surface area (TPSA) is 20.2 Å². The molecule has 0 aromatic carbocycles. The van der Waals surface area contributed by atoms with Gasteiger partial charge in [-0.1, -0.05) is 42.7 Å². The van der Waals surface area contributed by atoms with Crippen LogP contribution in [0, 0.1) is 5.92 Å². The van der Waals surface area contributed by atoms with E-state index in [0.29, 0.717) is 0 Å². The summed E-state index contributed by atoms with van der Waals surface area (Å²) in [6.07, 6.45) is 14.2. The highest BCUT2D eigenvalue weighted by atomic mass is 16.3. The van der Waals surface area contributed by atoms with Crippen molar-refractivity contribution in [1.29, 1.82) is 0 Å². The fourth-order valence-corrected chi connectivity index (χ4v) is 2.35. The first-order valence-electron chi connectivity index (χ1n) is 8.42. The van der Waals surface area contributed by atoms with Crippen molar-refractivity contribution in [3.05, 3.63) is 36.0 Å². The Morgan fingerprint density at radius 3 is 2.38 bits per heavy atom. The molecular formula is C20H36O. The predicted octanol–water partition coefficient (Wildman–Crippen LogP) is 6.20. The molecule has 0 saturated heterocycles. The van der Waals surface area contributed by atoms with Crippen LogP contribution in [0.25, 0.3) is 0 Å². The highest BCUT2D eigenvalue weighted by Crippen LogP contribution is 2.19. The second-order valence-electron chi connectivity index (χ2n) is 7.01. The molecule has 0 spiro atoms. The van der Waals surface area contributed by atoms with Crippen LogP contribution < -0.4 is 0 Å². The lowest BCUT2D eigenvalue weighted by Gasteiger charge is -2.17. The van der Waals surface area contributed by atoms with Crippen molar-refractivity contribution in [2.45, 2.75) is 85.2 Å². The summed E-state index contributed by atoms with van der Waals surface area (Å²) in [6, 6.07) is 0. The van der Waals surface area contributed by atoms with E-state index in [9.17, 15) is 5.11 Å². The summed E-state index contributed by atoms with van der Waals surface area (Å²) in [7, 11) is 0. The fourth-order valence-electron chi connectivity index (χ4n) is 2.35. The highest BCUT2D eigenvalue weighted by molar-refractivity contribution is 5.00. The Kier molecular flexibility index (Phi) is 10.4. The van der Waals surface area contributed by atoms with Crippen molar-refractivity contribution in [2.24, 2.45) is 5.92 Å². The van der Waals surface area contributed by atoms with Crippen LogP contribution in [0.2, 0.25) is 0 Å². The molecule has 1 N–H and O–H groups in total. The third kappa shape index (κ3) is 12.6. The van der Waals surface area contributed by atoms with Crippen LogP contribution in [0.15, 0.2) is 36.0 Å². The number of rotatable bonds is 11. The second-order valence-corrected chi connectivity index (χ2v) is 7.01. The standard InChI is InChI=1S/C20H36O/c1-7-20(6,21)16-10-15-19(5)14-9-13-18(4)12-8-11-17(2)3/h7,11,15,18,21H,1,8-10,12-14,16H2,2-6H3/b19-15+. The lowest BCUT2D eigenvalue weighted by molar-refractivity contribution is 0.103. The molecule has 0 rings (SSSR count). The lowest BCUT2D eigenvalue weighted by Crippen LogP contribution is -2.19. The molecule has 1 nitrogen and oxygen atoms in total. The largest absolute Gasteiger partial charge is 0.386 e. The average Bonchev–Trinajstić information content (AvgIpc) is 2.38. The summed E-state index contributed by atoms with van der Waals surface area (Å²) in [6.45, 7) is 14.4.